The third-order valence-corrected chi connectivity index (χ3v) is 5.93. The molecular formula is C21H19N5OS. The number of carbonyl (C=O) groups is 1. The van der Waals surface area contributed by atoms with Crippen molar-refractivity contribution < 1.29 is 4.79 Å². The van der Waals surface area contributed by atoms with Crippen LogP contribution in [0.25, 0.3) is 21.6 Å². The summed E-state index contributed by atoms with van der Waals surface area (Å²) in [6.45, 7) is 4.77. The maximum absolute atomic E-state index is 13.5. The van der Waals surface area contributed by atoms with E-state index < -0.39 is 0 Å². The molecule has 0 aromatic carbocycles. The Labute approximate surface area is 166 Å². The quantitative estimate of drug-likeness (QED) is 0.523. The molecule has 7 heteroatoms. The molecule has 0 aliphatic carbocycles. The van der Waals surface area contributed by atoms with Crippen LogP contribution in [-0.2, 0) is 6.42 Å². The Bertz CT molecular complexity index is 1180. The van der Waals surface area contributed by atoms with Gasteiger partial charge in [0.05, 0.1) is 27.7 Å². The zero-order valence-corrected chi connectivity index (χ0v) is 16.5. The first-order valence-electron chi connectivity index (χ1n) is 9.31. The third kappa shape index (κ3) is 2.62. The standard InChI is InChI=1S/C21H19N5OS/c1-13(2)26-20-16(12-23-26)15(11-17(24-20)18-6-4-10-28-18)21(27)25-9-7-14-5-3-8-22-19(14)25/h3-6,8,10-13H,7,9H2,1-2H3. The van der Waals surface area contributed by atoms with Gasteiger partial charge in [0.1, 0.15) is 5.82 Å². The molecule has 0 saturated carbocycles. The highest BCUT2D eigenvalue weighted by molar-refractivity contribution is 7.13. The van der Waals surface area contributed by atoms with Crippen molar-refractivity contribution in [1.82, 2.24) is 19.7 Å². The average molecular weight is 389 g/mol. The minimum atomic E-state index is -0.0500. The number of rotatable bonds is 3. The van der Waals surface area contributed by atoms with Gasteiger partial charge in [-0.1, -0.05) is 12.1 Å². The van der Waals surface area contributed by atoms with Gasteiger partial charge in [-0.2, -0.15) is 5.10 Å². The van der Waals surface area contributed by atoms with Crippen molar-refractivity contribution >= 4 is 34.1 Å². The number of amides is 1. The molecule has 0 atom stereocenters. The Morgan fingerprint density at radius 2 is 2.14 bits per heavy atom. The van der Waals surface area contributed by atoms with Crippen molar-refractivity contribution in [2.75, 3.05) is 11.4 Å². The maximum Gasteiger partial charge on any atom is 0.260 e. The number of hydrogen-bond acceptors (Lipinski definition) is 5. The van der Waals surface area contributed by atoms with Crippen LogP contribution in [0.3, 0.4) is 0 Å². The lowest BCUT2D eigenvalue weighted by atomic mass is 10.1. The van der Waals surface area contributed by atoms with E-state index in [4.69, 9.17) is 4.98 Å². The molecule has 4 aromatic heterocycles. The Balaban J connectivity index is 1.69. The van der Waals surface area contributed by atoms with Crippen LogP contribution >= 0.6 is 11.3 Å². The summed E-state index contributed by atoms with van der Waals surface area (Å²) in [6.07, 6.45) is 4.32. The van der Waals surface area contributed by atoms with Gasteiger partial charge < -0.3 is 0 Å². The van der Waals surface area contributed by atoms with Crippen LogP contribution < -0.4 is 4.90 Å². The van der Waals surface area contributed by atoms with Gasteiger partial charge in [0.25, 0.3) is 5.91 Å². The number of aromatic nitrogens is 4. The summed E-state index contributed by atoms with van der Waals surface area (Å²) in [6, 6.07) is 10.0. The summed E-state index contributed by atoms with van der Waals surface area (Å²) in [7, 11) is 0. The molecule has 0 unspecified atom stereocenters. The topological polar surface area (TPSA) is 63.9 Å². The highest BCUT2D eigenvalue weighted by atomic mass is 32.1. The number of fused-ring (bicyclic) bond motifs is 2. The number of carbonyl (C=O) groups excluding carboxylic acids is 1. The van der Waals surface area contributed by atoms with Crippen LogP contribution in [0.2, 0.25) is 0 Å². The number of thiophene rings is 1. The van der Waals surface area contributed by atoms with Gasteiger partial charge in [0, 0.05) is 18.8 Å². The molecule has 140 valence electrons. The summed E-state index contributed by atoms with van der Waals surface area (Å²) in [5.41, 5.74) is 3.27. The highest BCUT2D eigenvalue weighted by Gasteiger charge is 2.29. The molecule has 5 heterocycles. The van der Waals surface area contributed by atoms with E-state index in [1.54, 1.807) is 28.6 Å². The molecule has 28 heavy (non-hydrogen) atoms. The van der Waals surface area contributed by atoms with Gasteiger partial charge >= 0.3 is 0 Å². The van der Waals surface area contributed by atoms with Crippen molar-refractivity contribution in [1.29, 1.82) is 0 Å². The number of anilines is 1. The Hall–Kier alpha value is -3.06. The summed E-state index contributed by atoms with van der Waals surface area (Å²) >= 11 is 1.61. The average Bonchev–Trinajstić information content (AvgIpc) is 3.45. The molecule has 0 bridgehead atoms. The fraction of sp³-hybridized carbons (Fsp3) is 0.238. The van der Waals surface area contributed by atoms with Gasteiger partial charge in [-0.15, -0.1) is 11.3 Å². The van der Waals surface area contributed by atoms with E-state index in [2.05, 4.69) is 23.9 Å². The van der Waals surface area contributed by atoms with E-state index in [1.165, 1.54) is 0 Å². The molecule has 0 fully saturated rings. The summed E-state index contributed by atoms with van der Waals surface area (Å²) in [5.74, 6) is 0.706. The molecule has 1 aliphatic rings. The molecule has 1 amide bonds. The summed E-state index contributed by atoms with van der Waals surface area (Å²) < 4.78 is 1.87. The maximum atomic E-state index is 13.5. The predicted molar refractivity (Wildman–Crippen MR) is 111 cm³/mol. The Morgan fingerprint density at radius 1 is 1.25 bits per heavy atom. The zero-order chi connectivity index (χ0) is 19.3. The smallest absolute Gasteiger partial charge is 0.260 e. The molecule has 5 rings (SSSR count). The van der Waals surface area contributed by atoms with E-state index in [1.807, 2.05) is 40.4 Å². The lowest BCUT2D eigenvalue weighted by molar-refractivity contribution is 0.0990. The lowest BCUT2D eigenvalue weighted by Crippen LogP contribution is -2.29. The molecule has 0 spiro atoms. The van der Waals surface area contributed by atoms with Gasteiger partial charge in [0.2, 0.25) is 0 Å². The fourth-order valence-corrected chi connectivity index (χ4v) is 4.36. The molecule has 0 N–H and O–H groups in total. The fourth-order valence-electron chi connectivity index (χ4n) is 3.67. The van der Waals surface area contributed by atoms with Gasteiger partial charge in [-0.3, -0.25) is 9.69 Å². The molecule has 6 nitrogen and oxygen atoms in total. The molecule has 1 aliphatic heterocycles. The lowest BCUT2D eigenvalue weighted by Gasteiger charge is -2.17. The zero-order valence-electron chi connectivity index (χ0n) is 15.7. The number of hydrogen-bond donors (Lipinski definition) is 0. The van der Waals surface area contributed by atoms with E-state index in [0.29, 0.717) is 12.1 Å². The van der Waals surface area contributed by atoms with Crippen molar-refractivity contribution in [3.8, 4) is 10.6 Å². The molecule has 0 saturated heterocycles. The van der Waals surface area contributed by atoms with E-state index in [0.717, 1.165) is 39.4 Å². The first-order valence-corrected chi connectivity index (χ1v) is 10.2. The largest absolute Gasteiger partial charge is 0.292 e. The second-order valence-corrected chi connectivity index (χ2v) is 8.09. The molecule has 0 radical (unpaired) electrons. The second-order valence-electron chi connectivity index (χ2n) is 7.15. The van der Waals surface area contributed by atoms with Crippen LogP contribution in [0.1, 0.15) is 35.8 Å². The van der Waals surface area contributed by atoms with Crippen LogP contribution in [-0.4, -0.2) is 32.2 Å². The summed E-state index contributed by atoms with van der Waals surface area (Å²) in [5, 5.41) is 7.30. The van der Waals surface area contributed by atoms with E-state index >= 15 is 0 Å². The number of pyridine rings is 2. The van der Waals surface area contributed by atoms with Crippen LogP contribution in [0, 0.1) is 0 Å². The molecule has 4 aromatic rings. The number of nitrogens with zero attached hydrogens (tertiary/aromatic N) is 5. The highest BCUT2D eigenvalue weighted by Crippen LogP contribution is 2.32. The first-order chi connectivity index (χ1) is 13.6. The van der Waals surface area contributed by atoms with Crippen molar-refractivity contribution in [2.24, 2.45) is 0 Å². The van der Waals surface area contributed by atoms with Crippen molar-refractivity contribution in [3.63, 3.8) is 0 Å². The third-order valence-electron chi connectivity index (χ3n) is 5.03. The van der Waals surface area contributed by atoms with Crippen LogP contribution in [0.15, 0.2) is 48.1 Å². The second kappa shape index (κ2) is 6.53. The van der Waals surface area contributed by atoms with E-state index in [9.17, 15) is 4.79 Å². The minimum absolute atomic E-state index is 0.0500. The van der Waals surface area contributed by atoms with E-state index in [-0.39, 0.29) is 11.9 Å². The van der Waals surface area contributed by atoms with Gasteiger partial charge in [0.15, 0.2) is 5.65 Å². The summed E-state index contributed by atoms with van der Waals surface area (Å²) in [4.78, 5) is 25.6. The van der Waals surface area contributed by atoms with Crippen LogP contribution in [0.5, 0.6) is 0 Å². The first kappa shape index (κ1) is 17.1. The minimum Gasteiger partial charge on any atom is -0.292 e. The van der Waals surface area contributed by atoms with Gasteiger partial charge in [-0.05, 0) is 49.4 Å². The molecular weight excluding hydrogens is 370 g/mol. The van der Waals surface area contributed by atoms with Crippen LogP contribution in [0.4, 0.5) is 5.82 Å². The Kier molecular flexibility index (Phi) is 3.98. The predicted octanol–water partition coefficient (Wildman–Crippen LogP) is 4.34. The van der Waals surface area contributed by atoms with Gasteiger partial charge in [-0.25, -0.2) is 14.6 Å². The van der Waals surface area contributed by atoms with Crippen molar-refractivity contribution in [3.05, 3.63) is 59.2 Å². The normalized spacial score (nSPS) is 13.5. The Morgan fingerprint density at radius 3 is 2.93 bits per heavy atom. The SMILES string of the molecule is CC(C)n1ncc2c(C(=O)N3CCc4cccnc43)cc(-c3cccs3)nc21. The van der Waals surface area contributed by atoms with Crippen molar-refractivity contribution in [2.45, 2.75) is 26.3 Å². The monoisotopic (exact) mass is 389 g/mol.